The molecular formula is C12H9ClFN5O3. The van der Waals surface area contributed by atoms with Gasteiger partial charge in [-0.3, -0.25) is 19.6 Å². The number of halogens is 2. The SMILES string of the molecule is Cn1cc([N+](=O)[O-])c(C(=O)NN=Cc2c(F)cccc2Cl)n1. The standard InChI is InChI=1S/C12H9ClFN5O3/c1-18-6-10(19(21)22)11(17-18)12(20)16-15-5-7-8(13)3-2-4-9(7)14/h2-6H,1H3,(H,16,20). The molecule has 1 aromatic heterocycles. The first kappa shape index (κ1) is 15.6. The van der Waals surface area contributed by atoms with Gasteiger partial charge in [-0.25, -0.2) is 9.82 Å². The Morgan fingerprint density at radius 2 is 2.32 bits per heavy atom. The molecule has 0 saturated heterocycles. The number of nitrogens with zero attached hydrogens (tertiary/aromatic N) is 4. The highest BCUT2D eigenvalue weighted by Crippen LogP contribution is 2.17. The second-order valence-corrected chi connectivity index (χ2v) is 4.54. The van der Waals surface area contributed by atoms with Gasteiger partial charge >= 0.3 is 5.69 Å². The van der Waals surface area contributed by atoms with Gasteiger partial charge in [-0.05, 0) is 12.1 Å². The van der Waals surface area contributed by atoms with Gasteiger partial charge < -0.3 is 0 Å². The molecule has 22 heavy (non-hydrogen) atoms. The largest absolute Gasteiger partial charge is 0.320 e. The van der Waals surface area contributed by atoms with Crippen LogP contribution in [0.3, 0.4) is 0 Å². The van der Waals surface area contributed by atoms with Gasteiger partial charge in [0.25, 0.3) is 5.91 Å². The normalized spacial score (nSPS) is 10.9. The summed E-state index contributed by atoms with van der Waals surface area (Å²) in [4.78, 5) is 21.9. The van der Waals surface area contributed by atoms with E-state index in [9.17, 15) is 19.3 Å². The van der Waals surface area contributed by atoms with Crippen LogP contribution in [0, 0.1) is 15.9 Å². The number of rotatable bonds is 4. The molecule has 0 aliphatic heterocycles. The minimum atomic E-state index is -0.893. The first-order valence-corrected chi connectivity index (χ1v) is 6.23. The molecule has 2 rings (SSSR count). The van der Waals surface area contributed by atoms with Gasteiger partial charge in [0.15, 0.2) is 0 Å². The second kappa shape index (κ2) is 6.31. The van der Waals surface area contributed by atoms with Crippen LogP contribution in [0.4, 0.5) is 10.1 Å². The number of benzene rings is 1. The highest BCUT2D eigenvalue weighted by Gasteiger charge is 2.24. The molecule has 1 aromatic carbocycles. The lowest BCUT2D eigenvalue weighted by atomic mass is 10.2. The van der Waals surface area contributed by atoms with Gasteiger partial charge in [0.05, 0.1) is 16.2 Å². The highest BCUT2D eigenvalue weighted by molar-refractivity contribution is 6.33. The number of hydrazone groups is 1. The fourth-order valence-corrected chi connectivity index (χ4v) is 1.83. The number of carbonyl (C=O) groups is 1. The molecule has 114 valence electrons. The fourth-order valence-electron chi connectivity index (χ4n) is 1.61. The van der Waals surface area contributed by atoms with Crippen molar-refractivity contribution in [2.45, 2.75) is 0 Å². The lowest BCUT2D eigenvalue weighted by Gasteiger charge is -1.99. The van der Waals surface area contributed by atoms with E-state index in [-0.39, 0.29) is 10.6 Å². The Bertz CT molecular complexity index is 754. The first-order chi connectivity index (χ1) is 10.4. The molecular weight excluding hydrogens is 317 g/mol. The molecule has 0 atom stereocenters. The number of nitro groups is 1. The molecule has 1 heterocycles. The summed E-state index contributed by atoms with van der Waals surface area (Å²) in [5, 5.41) is 18.1. The van der Waals surface area contributed by atoms with E-state index in [0.29, 0.717) is 0 Å². The van der Waals surface area contributed by atoms with Gasteiger partial charge in [0.2, 0.25) is 5.69 Å². The third-order valence-corrected chi connectivity index (χ3v) is 2.91. The molecule has 1 N–H and O–H groups in total. The summed E-state index contributed by atoms with van der Waals surface area (Å²) in [7, 11) is 1.44. The van der Waals surface area contributed by atoms with Crippen LogP contribution in [0.2, 0.25) is 5.02 Å². The summed E-state index contributed by atoms with van der Waals surface area (Å²) in [6.45, 7) is 0. The molecule has 0 unspecified atom stereocenters. The first-order valence-electron chi connectivity index (χ1n) is 5.85. The van der Waals surface area contributed by atoms with Crippen molar-refractivity contribution in [3.63, 3.8) is 0 Å². The van der Waals surface area contributed by atoms with Crippen LogP contribution in [-0.2, 0) is 7.05 Å². The smallest absolute Gasteiger partial charge is 0.268 e. The number of amides is 1. The van der Waals surface area contributed by atoms with E-state index in [1.165, 1.54) is 25.2 Å². The number of hydrogen-bond donors (Lipinski definition) is 1. The molecule has 0 aliphatic rings. The Hall–Kier alpha value is -2.81. The lowest BCUT2D eigenvalue weighted by molar-refractivity contribution is -0.385. The number of aryl methyl sites for hydroxylation is 1. The average molecular weight is 326 g/mol. The zero-order valence-corrected chi connectivity index (χ0v) is 11.9. The quantitative estimate of drug-likeness (QED) is 0.526. The highest BCUT2D eigenvalue weighted by atomic mass is 35.5. The number of aromatic nitrogens is 2. The van der Waals surface area contributed by atoms with Crippen molar-refractivity contribution in [3.8, 4) is 0 Å². The van der Waals surface area contributed by atoms with E-state index in [0.717, 1.165) is 17.1 Å². The van der Waals surface area contributed by atoms with E-state index in [1.807, 2.05) is 5.43 Å². The van der Waals surface area contributed by atoms with Crippen LogP contribution in [0.25, 0.3) is 0 Å². The average Bonchev–Trinajstić information content (AvgIpc) is 2.84. The molecule has 2 aromatic rings. The van der Waals surface area contributed by atoms with E-state index >= 15 is 0 Å². The van der Waals surface area contributed by atoms with Crippen LogP contribution < -0.4 is 5.43 Å². The van der Waals surface area contributed by atoms with Gasteiger partial charge in [-0.1, -0.05) is 17.7 Å². The maximum Gasteiger partial charge on any atom is 0.320 e. The van der Waals surface area contributed by atoms with Crippen molar-refractivity contribution in [2.75, 3.05) is 0 Å². The molecule has 1 amide bonds. The maximum atomic E-state index is 13.5. The Labute approximate surface area is 128 Å². The zero-order chi connectivity index (χ0) is 16.3. The third kappa shape index (κ3) is 3.26. The molecule has 10 heteroatoms. The lowest BCUT2D eigenvalue weighted by Crippen LogP contribution is -2.19. The van der Waals surface area contributed by atoms with Gasteiger partial charge in [0, 0.05) is 12.6 Å². The van der Waals surface area contributed by atoms with Crippen molar-refractivity contribution < 1.29 is 14.1 Å². The Morgan fingerprint density at radius 3 is 2.95 bits per heavy atom. The van der Waals surface area contributed by atoms with Crippen molar-refractivity contribution >= 4 is 29.4 Å². The van der Waals surface area contributed by atoms with E-state index < -0.39 is 28.0 Å². The Kier molecular flexibility index (Phi) is 4.47. The fraction of sp³-hybridized carbons (Fsp3) is 0.0833. The van der Waals surface area contributed by atoms with Gasteiger partial charge in [-0.2, -0.15) is 10.2 Å². The van der Waals surface area contributed by atoms with Crippen LogP contribution in [-0.4, -0.2) is 26.8 Å². The van der Waals surface area contributed by atoms with Crippen LogP contribution in [0.1, 0.15) is 16.1 Å². The predicted octanol–water partition coefficient (Wildman–Crippen LogP) is 1.88. The van der Waals surface area contributed by atoms with Crippen molar-refractivity contribution in [1.82, 2.24) is 15.2 Å². The molecule has 0 radical (unpaired) electrons. The summed E-state index contributed by atoms with van der Waals surface area (Å²) >= 11 is 5.78. The number of nitrogens with one attached hydrogen (secondary N) is 1. The van der Waals surface area contributed by atoms with E-state index in [2.05, 4.69) is 10.2 Å². The molecule has 0 spiro atoms. The summed E-state index contributed by atoms with van der Waals surface area (Å²) in [5.41, 5.74) is 1.16. The van der Waals surface area contributed by atoms with Crippen LogP contribution in [0.5, 0.6) is 0 Å². The second-order valence-electron chi connectivity index (χ2n) is 4.13. The minimum absolute atomic E-state index is 0.0139. The number of hydrogen-bond acceptors (Lipinski definition) is 5. The summed E-state index contributed by atoms with van der Waals surface area (Å²) in [5.74, 6) is -1.51. The molecule has 0 bridgehead atoms. The van der Waals surface area contributed by atoms with E-state index in [1.54, 1.807) is 0 Å². The Morgan fingerprint density at radius 1 is 1.59 bits per heavy atom. The summed E-state index contributed by atoms with van der Waals surface area (Å²) in [6.07, 6.45) is 2.09. The van der Waals surface area contributed by atoms with Crippen molar-refractivity contribution in [3.05, 3.63) is 56.6 Å². The molecule has 0 fully saturated rings. The van der Waals surface area contributed by atoms with Crippen molar-refractivity contribution in [1.29, 1.82) is 0 Å². The van der Waals surface area contributed by atoms with Gasteiger partial charge in [0.1, 0.15) is 12.0 Å². The number of carbonyl (C=O) groups excluding carboxylic acids is 1. The molecule has 8 nitrogen and oxygen atoms in total. The maximum absolute atomic E-state index is 13.5. The topological polar surface area (TPSA) is 102 Å². The van der Waals surface area contributed by atoms with Gasteiger partial charge in [-0.15, -0.1) is 0 Å². The molecule has 0 saturated carbocycles. The predicted molar refractivity (Wildman–Crippen MR) is 76.3 cm³/mol. The van der Waals surface area contributed by atoms with Crippen molar-refractivity contribution in [2.24, 2.45) is 12.1 Å². The third-order valence-electron chi connectivity index (χ3n) is 2.58. The zero-order valence-electron chi connectivity index (χ0n) is 11.2. The van der Waals surface area contributed by atoms with E-state index in [4.69, 9.17) is 11.6 Å². The monoisotopic (exact) mass is 325 g/mol. The minimum Gasteiger partial charge on any atom is -0.268 e. The van der Waals surface area contributed by atoms with Crippen LogP contribution >= 0.6 is 11.6 Å². The molecule has 0 aliphatic carbocycles. The summed E-state index contributed by atoms with van der Waals surface area (Å²) in [6, 6.07) is 4.06. The van der Waals surface area contributed by atoms with Crippen LogP contribution in [0.15, 0.2) is 29.5 Å². The Balaban J connectivity index is 2.17. The summed E-state index contributed by atoms with van der Waals surface area (Å²) < 4.78 is 14.6.